The van der Waals surface area contributed by atoms with Gasteiger partial charge in [-0.25, -0.2) is 0 Å². The molecular formula is C12H30ClN6+. The standard InChI is InChI=1S/C6H15N5.C6H14N.ClH/c1-2-3-4-10-6(9)11-5(7)8;1-5-6-7(2,3)4;/h2-4H2,1H3,(H6,7,8,9,10,11);5H,1,6H2,2-4H3;1H/q;+1;. The first-order chi connectivity index (χ1) is 8.22. The molecule has 114 valence electrons. The molecule has 0 bridgehead atoms. The smallest absolute Gasteiger partial charge is 0.195 e. The van der Waals surface area contributed by atoms with Gasteiger partial charge in [0.15, 0.2) is 11.9 Å². The predicted molar refractivity (Wildman–Crippen MR) is 86.0 cm³/mol. The van der Waals surface area contributed by atoms with Crippen LogP contribution >= 0.6 is 12.4 Å². The van der Waals surface area contributed by atoms with Crippen LogP contribution in [0.15, 0.2) is 12.7 Å². The average Bonchev–Trinajstić information content (AvgIpc) is 2.15. The van der Waals surface area contributed by atoms with Crippen LogP contribution in [-0.4, -0.2) is 50.6 Å². The molecule has 0 radical (unpaired) electrons. The van der Waals surface area contributed by atoms with Gasteiger partial charge in [-0.3, -0.25) is 16.1 Å². The highest BCUT2D eigenvalue weighted by Crippen LogP contribution is 1.86. The zero-order valence-corrected chi connectivity index (χ0v) is 13.4. The SMILES string of the molecule is C=CC[N+](C)(C)C.CCCCNC(=N)NC(=N)N.Cl. The monoisotopic (exact) mass is 293 g/mol. The van der Waals surface area contributed by atoms with Gasteiger partial charge in [0.25, 0.3) is 0 Å². The van der Waals surface area contributed by atoms with Gasteiger partial charge >= 0.3 is 0 Å². The van der Waals surface area contributed by atoms with Crippen LogP contribution in [0.4, 0.5) is 0 Å². The number of halogens is 1. The molecular weight excluding hydrogens is 264 g/mol. The van der Waals surface area contributed by atoms with Gasteiger partial charge in [0.1, 0.15) is 0 Å². The van der Waals surface area contributed by atoms with Crippen LogP contribution in [0, 0.1) is 10.8 Å². The van der Waals surface area contributed by atoms with E-state index in [1.54, 1.807) is 0 Å². The van der Waals surface area contributed by atoms with Crippen molar-refractivity contribution in [2.45, 2.75) is 19.8 Å². The second-order valence-electron chi connectivity index (χ2n) is 4.96. The third-order valence-corrected chi connectivity index (χ3v) is 1.77. The van der Waals surface area contributed by atoms with Crippen molar-refractivity contribution < 1.29 is 4.48 Å². The Balaban J connectivity index is -0.000000280. The molecule has 0 aliphatic carbocycles. The van der Waals surface area contributed by atoms with Crippen molar-refractivity contribution in [3.05, 3.63) is 12.7 Å². The third kappa shape index (κ3) is 26.4. The van der Waals surface area contributed by atoms with Crippen molar-refractivity contribution in [2.24, 2.45) is 5.73 Å². The summed E-state index contributed by atoms with van der Waals surface area (Å²) in [7, 11) is 6.42. The molecule has 0 rings (SSSR count). The number of nitrogens with two attached hydrogens (primary N) is 1. The molecule has 0 aliphatic heterocycles. The van der Waals surface area contributed by atoms with Gasteiger partial charge in [0, 0.05) is 6.54 Å². The Morgan fingerprint density at radius 1 is 1.32 bits per heavy atom. The zero-order chi connectivity index (χ0) is 14.6. The molecule has 0 heterocycles. The first-order valence-corrected chi connectivity index (χ1v) is 6.07. The van der Waals surface area contributed by atoms with Crippen LogP contribution < -0.4 is 16.4 Å². The second kappa shape index (κ2) is 13.2. The summed E-state index contributed by atoms with van der Waals surface area (Å²) >= 11 is 0. The van der Waals surface area contributed by atoms with Crippen molar-refractivity contribution >= 4 is 24.3 Å². The minimum atomic E-state index is -0.209. The first-order valence-electron chi connectivity index (χ1n) is 6.07. The van der Waals surface area contributed by atoms with Gasteiger partial charge in [-0.05, 0) is 12.5 Å². The summed E-state index contributed by atoms with van der Waals surface area (Å²) in [6.07, 6.45) is 4.03. The summed E-state index contributed by atoms with van der Waals surface area (Å²) in [5.41, 5.74) is 4.99. The van der Waals surface area contributed by atoms with Gasteiger partial charge in [-0.15, -0.1) is 12.4 Å². The number of quaternary nitrogens is 1. The third-order valence-electron chi connectivity index (χ3n) is 1.77. The maximum absolute atomic E-state index is 7.15. The number of likely N-dealkylation sites (N-methyl/N-ethyl adjacent to an activating group) is 1. The van der Waals surface area contributed by atoms with Crippen molar-refractivity contribution in [1.29, 1.82) is 10.8 Å². The number of nitrogens with one attached hydrogen (secondary N) is 4. The number of nitrogens with zero attached hydrogens (tertiary/aromatic N) is 1. The number of hydrogen-bond acceptors (Lipinski definition) is 2. The molecule has 6 N–H and O–H groups in total. The fourth-order valence-corrected chi connectivity index (χ4v) is 0.956. The molecule has 0 aliphatic rings. The number of hydrogen-bond donors (Lipinski definition) is 5. The summed E-state index contributed by atoms with van der Waals surface area (Å²) in [5.74, 6) is -0.120. The van der Waals surface area contributed by atoms with Gasteiger partial charge < -0.3 is 15.5 Å². The Labute approximate surface area is 123 Å². The van der Waals surface area contributed by atoms with E-state index < -0.39 is 0 Å². The largest absolute Gasteiger partial charge is 0.370 e. The Hall–Kier alpha value is -1.27. The quantitative estimate of drug-likeness (QED) is 0.173. The normalized spacial score (nSPS) is 9.26. The van der Waals surface area contributed by atoms with E-state index in [-0.39, 0.29) is 24.3 Å². The Morgan fingerprint density at radius 3 is 2.11 bits per heavy atom. The molecule has 0 aromatic carbocycles. The molecule has 0 unspecified atom stereocenters. The van der Waals surface area contributed by atoms with Crippen LogP contribution in [0.3, 0.4) is 0 Å². The lowest BCUT2D eigenvalue weighted by Crippen LogP contribution is -2.43. The maximum Gasteiger partial charge on any atom is 0.195 e. The van der Waals surface area contributed by atoms with Gasteiger partial charge in [0.05, 0.1) is 27.7 Å². The van der Waals surface area contributed by atoms with E-state index in [2.05, 4.69) is 45.3 Å². The highest BCUT2D eigenvalue weighted by Gasteiger charge is 1.99. The topological polar surface area (TPSA) is 97.8 Å². The first kappa shape index (κ1) is 22.9. The van der Waals surface area contributed by atoms with Crippen molar-refractivity contribution in [3.63, 3.8) is 0 Å². The molecule has 0 spiro atoms. The molecule has 0 fully saturated rings. The van der Waals surface area contributed by atoms with Crippen LogP contribution in [-0.2, 0) is 0 Å². The summed E-state index contributed by atoms with van der Waals surface area (Å²) in [5, 5.41) is 19.0. The molecule has 0 aromatic rings. The van der Waals surface area contributed by atoms with Gasteiger partial charge in [0.2, 0.25) is 0 Å². The maximum atomic E-state index is 7.15. The lowest BCUT2D eigenvalue weighted by atomic mass is 10.3. The summed E-state index contributed by atoms with van der Waals surface area (Å²) in [6, 6.07) is 0. The fourth-order valence-electron chi connectivity index (χ4n) is 0.956. The Kier molecular flexibility index (Phi) is 15.9. The fraction of sp³-hybridized carbons (Fsp3) is 0.667. The van der Waals surface area contributed by atoms with Crippen molar-refractivity contribution in [3.8, 4) is 0 Å². The highest BCUT2D eigenvalue weighted by atomic mass is 35.5. The second-order valence-corrected chi connectivity index (χ2v) is 4.96. The molecule has 7 heteroatoms. The van der Waals surface area contributed by atoms with E-state index in [4.69, 9.17) is 16.6 Å². The zero-order valence-electron chi connectivity index (χ0n) is 12.5. The number of rotatable bonds is 5. The van der Waals surface area contributed by atoms with Crippen LogP contribution in [0.2, 0.25) is 0 Å². The van der Waals surface area contributed by atoms with Crippen molar-refractivity contribution in [2.75, 3.05) is 34.2 Å². The van der Waals surface area contributed by atoms with Crippen LogP contribution in [0.1, 0.15) is 19.8 Å². The Morgan fingerprint density at radius 2 is 1.84 bits per heavy atom. The predicted octanol–water partition coefficient (Wildman–Crippen LogP) is 1.09. The molecule has 0 atom stereocenters. The molecule has 0 amide bonds. The van der Waals surface area contributed by atoms with Crippen LogP contribution in [0.5, 0.6) is 0 Å². The van der Waals surface area contributed by atoms with Gasteiger partial charge in [-0.1, -0.05) is 19.9 Å². The van der Waals surface area contributed by atoms with E-state index in [0.717, 1.165) is 30.4 Å². The lowest BCUT2D eigenvalue weighted by molar-refractivity contribution is -0.864. The highest BCUT2D eigenvalue weighted by molar-refractivity contribution is 5.94. The number of unbranched alkanes of at least 4 members (excludes halogenated alkanes) is 1. The minimum absolute atomic E-state index is 0. The molecule has 0 aromatic heterocycles. The van der Waals surface area contributed by atoms with Crippen LogP contribution in [0.25, 0.3) is 0 Å². The van der Waals surface area contributed by atoms with E-state index in [1.807, 2.05) is 6.08 Å². The summed E-state index contributed by atoms with van der Waals surface area (Å²) in [6.45, 7) is 7.49. The van der Waals surface area contributed by atoms with E-state index in [1.165, 1.54) is 0 Å². The van der Waals surface area contributed by atoms with Crippen molar-refractivity contribution in [1.82, 2.24) is 10.6 Å². The van der Waals surface area contributed by atoms with Gasteiger partial charge in [-0.2, -0.15) is 0 Å². The number of guanidine groups is 2. The van der Waals surface area contributed by atoms with E-state index in [9.17, 15) is 0 Å². The molecule has 19 heavy (non-hydrogen) atoms. The Bertz CT molecular complexity index is 259. The van der Waals surface area contributed by atoms with E-state index >= 15 is 0 Å². The lowest BCUT2D eigenvalue weighted by Gasteiger charge is -2.21. The minimum Gasteiger partial charge on any atom is -0.370 e. The molecule has 6 nitrogen and oxygen atoms in total. The average molecular weight is 294 g/mol. The summed E-state index contributed by atoms with van der Waals surface area (Å²) < 4.78 is 0.976. The molecule has 0 saturated carbocycles. The van der Waals surface area contributed by atoms with E-state index in [0.29, 0.717) is 0 Å². The summed E-state index contributed by atoms with van der Waals surface area (Å²) in [4.78, 5) is 0. The molecule has 0 saturated heterocycles.